The summed E-state index contributed by atoms with van der Waals surface area (Å²) >= 11 is 5.83. The van der Waals surface area contributed by atoms with E-state index in [1.165, 1.54) is 7.11 Å². The first-order chi connectivity index (χ1) is 13.5. The van der Waals surface area contributed by atoms with Gasteiger partial charge in [0.05, 0.1) is 13.7 Å². The summed E-state index contributed by atoms with van der Waals surface area (Å²) in [4.78, 5) is 26.5. The summed E-state index contributed by atoms with van der Waals surface area (Å²) in [5.74, 6) is 0.705. The van der Waals surface area contributed by atoms with Crippen molar-refractivity contribution in [2.75, 3.05) is 20.2 Å². The lowest BCUT2D eigenvalue weighted by Gasteiger charge is -2.32. The Kier molecular flexibility index (Phi) is 6.81. The van der Waals surface area contributed by atoms with E-state index in [0.29, 0.717) is 35.4 Å². The average Bonchev–Trinajstić information content (AvgIpc) is 2.73. The third-order valence-electron chi connectivity index (χ3n) is 4.58. The lowest BCUT2D eigenvalue weighted by atomic mass is 10.0. The smallest absolute Gasteiger partial charge is 0.233 e. The summed E-state index contributed by atoms with van der Waals surface area (Å²) in [6, 6.07) is 10.1. The minimum atomic E-state index is -0.146. The summed E-state index contributed by atoms with van der Waals surface area (Å²) in [6.45, 7) is 1.14. The van der Waals surface area contributed by atoms with Crippen molar-refractivity contribution < 1.29 is 19.1 Å². The van der Waals surface area contributed by atoms with Crippen molar-refractivity contribution in [3.8, 4) is 11.8 Å². The molecular formula is C20H22ClN3O4. The number of Topliss-reactive ketones (excluding diaryl/α,β-unsaturated/α-hetero) is 1. The van der Waals surface area contributed by atoms with Gasteiger partial charge in [0, 0.05) is 42.1 Å². The van der Waals surface area contributed by atoms with Crippen molar-refractivity contribution in [2.24, 2.45) is 0 Å². The van der Waals surface area contributed by atoms with Crippen molar-refractivity contribution in [3.05, 3.63) is 47.0 Å². The number of rotatable bonds is 7. The molecule has 1 unspecified atom stereocenters. The second kappa shape index (κ2) is 9.50. The van der Waals surface area contributed by atoms with E-state index < -0.39 is 0 Å². The first-order valence-electron chi connectivity index (χ1n) is 9.16. The molecule has 0 radical (unpaired) electrons. The van der Waals surface area contributed by atoms with Crippen LogP contribution < -0.4 is 9.47 Å². The van der Waals surface area contributed by atoms with E-state index in [1.807, 2.05) is 0 Å². The van der Waals surface area contributed by atoms with Gasteiger partial charge in [-0.3, -0.25) is 9.59 Å². The summed E-state index contributed by atoms with van der Waals surface area (Å²) < 4.78 is 10.8. The largest absolute Gasteiger partial charge is 0.480 e. The molecule has 0 bridgehead atoms. The van der Waals surface area contributed by atoms with E-state index >= 15 is 0 Å². The third-order valence-corrected chi connectivity index (χ3v) is 4.83. The second-order valence-electron chi connectivity index (χ2n) is 6.57. The zero-order chi connectivity index (χ0) is 19.9. The summed E-state index contributed by atoms with van der Waals surface area (Å²) in [6.07, 6.45) is 1.88. The van der Waals surface area contributed by atoms with Crippen LogP contribution >= 0.6 is 11.6 Å². The Bertz CT molecular complexity index is 811. The Morgan fingerprint density at radius 2 is 1.82 bits per heavy atom. The van der Waals surface area contributed by atoms with Crippen LogP contribution in [0.15, 0.2) is 36.4 Å². The fourth-order valence-electron chi connectivity index (χ4n) is 3.07. The summed E-state index contributed by atoms with van der Waals surface area (Å²) in [7, 11) is 1.52. The molecule has 148 valence electrons. The molecule has 1 aromatic heterocycles. The number of ketones is 1. The molecule has 1 saturated heterocycles. The van der Waals surface area contributed by atoms with Crippen LogP contribution in [0.1, 0.15) is 36.0 Å². The molecule has 2 aromatic rings. The maximum Gasteiger partial charge on any atom is 0.233 e. The lowest BCUT2D eigenvalue weighted by Crippen LogP contribution is -2.44. The standard InChI is InChI=1S/C20H22ClN3O4/c1-27-18-9-10-19(23-22-18)28-16-3-2-12-24(13-16)20(26)11-8-17(25)14-4-6-15(21)7-5-14/h4-7,9-10,16H,2-3,8,11-13H2,1H3. The number of likely N-dealkylation sites (tertiary alicyclic amines) is 1. The Morgan fingerprint density at radius 3 is 2.50 bits per heavy atom. The minimum Gasteiger partial charge on any atom is -0.480 e. The van der Waals surface area contributed by atoms with Gasteiger partial charge in [-0.2, -0.15) is 0 Å². The van der Waals surface area contributed by atoms with Crippen LogP contribution in [-0.4, -0.2) is 53.1 Å². The van der Waals surface area contributed by atoms with Crippen LogP contribution in [0.3, 0.4) is 0 Å². The highest BCUT2D eigenvalue weighted by Gasteiger charge is 2.25. The number of hydrogen-bond donors (Lipinski definition) is 0. The van der Waals surface area contributed by atoms with Gasteiger partial charge in [0.1, 0.15) is 6.10 Å². The number of piperidine rings is 1. The Balaban J connectivity index is 1.49. The first-order valence-corrected chi connectivity index (χ1v) is 9.54. The number of nitrogens with zero attached hydrogens (tertiary/aromatic N) is 3. The number of carbonyl (C=O) groups is 2. The third kappa shape index (κ3) is 5.42. The fourth-order valence-corrected chi connectivity index (χ4v) is 3.20. The van der Waals surface area contributed by atoms with E-state index in [9.17, 15) is 9.59 Å². The predicted molar refractivity (Wildman–Crippen MR) is 104 cm³/mol. The maximum atomic E-state index is 12.5. The molecule has 1 atom stereocenters. The molecule has 0 saturated carbocycles. The van der Waals surface area contributed by atoms with Crippen molar-refractivity contribution in [1.82, 2.24) is 15.1 Å². The van der Waals surface area contributed by atoms with E-state index in [1.54, 1.807) is 41.3 Å². The quantitative estimate of drug-likeness (QED) is 0.660. The lowest BCUT2D eigenvalue weighted by molar-refractivity contribution is -0.133. The van der Waals surface area contributed by atoms with E-state index in [2.05, 4.69) is 10.2 Å². The Morgan fingerprint density at radius 1 is 1.11 bits per heavy atom. The molecule has 1 amide bonds. The van der Waals surface area contributed by atoms with Crippen molar-refractivity contribution >= 4 is 23.3 Å². The molecule has 0 aliphatic carbocycles. The molecule has 1 aliphatic heterocycles. The highest BCUT2D eigenvalue weighted by Crippen LogP contribution is 2.19. The molecule has 1 aliphatic rings. The van der Waals surface area contributed by atoms with Crippen LogP contribution in [0.2, 0.25) is 5.02 Å². The van der Waals surface area contributed by atoms with Gasteiger partial charge < -0.3 is 14.4 Å². The fraction of sp³-hybridized carbons (Fsp3) is 0.400. The molecule has 2 heterocycles. The van der Waals surface area contributed by atoms with Gasteiger partial charge in [-0.1, -0.05) is 11.6 Å². The van der Waals surface area contributed by atoms with Crippen LogP contribution in [0.5, 0.6) is 11.8 Å². The molecule has 0 spiro atoms. The number of aromatic nitrogens is 2. The van der Waals surface area contributed by atoms with Crippen LogP contribution in [0.25, 0.3) is 0 Å². The van der Waals surface area contributed by atoms with Gasteiger partial charge in [-0.15, -0.1) is 10.2 Å². The number of ether oxygens (including phenoxy) is 2. The first kappa shape index (κ1) is 20.1. The van der Waals surface area contributed by atoms with Gasteiger partial charge >= 0.3 is 0 Å². The van der Waals surface area contributed by atoms with Gasteiger partial charge in [-0.25, -0.2) is 0 Å². The maximum absolute atomic E-state index is 12.5. The second-order valence-corrected chi connectivity index (χ2v) is 7.00. The van der Waals surface area contributed by atoms with Crippen LogP contribution in [0, 0.1) is 0 Å². The average molecular weight is 404 g/mol. The van der Waals surface area contributed by atoms with Crippen molar-refractivity contribution in [2.45, 2.75) is 31.8 Å². The molecular weight excluding hydrogens is 382 g/mol. The summed E-state index contributed by atoms with van der Waals surface area (Å²) in [5, 5.41) is 8.41. The van der Waals surface area contributed by atoms with Crippen molar-refractivity contribution in [3.63, 3.8) is 0 Å². The van der Waals surface area contributed by atoms with E-state index in [-0.39, 0.29) is 30.6 Å². The highest BCUT2D eigenvalue weighted by molar-refractivity contribution is 6.30. The molecule has 7 nitrogen and oxygen atoms in total. The Labute approximate surface area is 168 Å². The van der Waals surface area contributed by atoms with Gasteiger partial charge in [0.25, 0.3) is 0 Å². The number of halogens is 1. The van der Waals surface area contributed by atoms with Gasteiger partial charge in [0.2, 0.25) is 17.7 Å². The topological polar surface area (TPSA) is 81.6 Å². The number of methoxy groups -OCH3 is 1. The van der Waals surface area contributed by atoms with Crippen molar-refractivity contribution in [1.29, 1.82) is 0 Å². The molecule has 3 rings (SSSR count). The van der Waals surface area contributed by atoms with E-state index in [4.69, 9.17) is 21.1 Å². The highest BCUT2D eigenvalue weighted by atomic mass is 35.5. The molecule has 1 fully saturated rings. The monoisotopic (exact) mass is 403 g/mol. The zero-order valence-corrected chi connectivity index (χ0v) is 16.4. The number of benzene rings is 1. The molecule has 1 aromatic carbocycles. The predicted octanol–water partition coefficient (Wildman–Crippen LogP) is 3.17. The van der Waals surface area contributed by atoms with Crippen LogP contribution in [0.4, 0.5) is 0 Å². The van der Waals surface area contributed by atoms with Crippen LogP contribution in [-0.2, 0) is 4.79 Å². The number of hydrogen-bond acceptors (Lipinski definition) is 6. The van der Waals surface area contributed by atoms with Gasteiger partial charge in [0.15, 0.2) is 5.78 Å². The van der Waals surface area contributed by atoms with E-state index in [0.717, 1.165) is 12.8 Å². The molecule has 8 heteroatoms. The van der Waals surface area contributed by atoms with Gasteiger partial charge in [-0.05, 0) is 37.1 Å². The normalized spacial score (nSPS) is 16.5. The SMILES string of the molecule is COc1ccc(OC2CCCN(C(=O)CCC(=O)c3ccc(Cl)cc3)C2)nn1. The molecule has 28 heavy (non-hydrogen) atoms. The Hall–Kier alpha value is -2.67. The molecule has 0 N–H and O–H groups in total. The number of amides is 1. The zero-order valence-electron chi connectivity index (χ0n) is 15.6. The number of carbonyl (C=O) groups excluding carboxylic acids is 2. The minimum absolute atomic E-state index is 0.0450. The summed E-state index contributed by atoms with van der Waals surface area (Å²) in [5.41, 5.74) is 0.565.